The van der Waals surface area contributed by atoms with Crippen LogP contribution in [0.5, 0.6) is 11.5 Å². The topological polar surface area (TPSA) is 60.3 Å². The summed E-state index contributed by atoms with van der Waals surface area (Å²) >= 11 is 0. The lowest BCUT2D eigenvalue weighted by molar-refractivity contribution is -0.116. The standard InChI is InChI=1S/C20H18N2O3/c1-15-8-7-13-22(20(15)24)14-19(23)21-17-11-5-6-12-18(17)25-16-9-3-2-4-10-16/h2-13H,14H2,1H3,(H,21,23). The molecule has 0 fully saturated rings. The van der Waals surface area contributed by atoms with Gasteiger partial charge in [-0.15, -0.1) is 0 Å². The highest BCUT2D eigenvalue weighted by molar-refractivity contribution is 5.92. The molecule has 0 saturated heterocycles. The number of ether oxygens (including phenoxy) is 1. The first kappa shape index (κ1) is 16.5. The molecule has 0 aliphatic heterocycles. The first-order valence-electron chi connectivity index (χ1n) is 7.91. The van der Waals surface area contributed by atoms with Crippen LogP contribution in [0.1, 0.15) is 5.56 Å². The molecule has 0 spiro atoms. The van der Waals surface area contributed by atoms with E-state index in [9.17, 15) is 9.59 Å². The summed E-state index contributed by atoms with van der Waals surface area (Å²) in [6.07, 6.45) is 1.60. The van der Waals surface area contributed by atoms with Crippen molar-refractivity contribution in [2.24, 2.45) is 0 Å². The van der Waals surface area contributed by atoms with E-state index in [1.54, 1.807) is 37.4 Å². The highest BCUT2D eigenvalue weighted by atomic mass is 16.5. The highest BCUT2D eigenvalue weighted by Gasteiger charge is 2.10. The number of carbonyl (C=O) groups excluding carboxylic acids is 1. The van der Waals surface area contributed by atoms with Crippen molar-refractivity contribution < 1.29 is 9.53 Å². The lowest BCUT2D eigenvalue weighted by atomic mass is 10.2. The molecular formula is C20H18N2O3. The van der Waals surface area contributed by atoms with Crippen molar-refractivity contribution in [2.75, 3.05) is 5.32 Å². The predicted octanol–water partition coefficient (Wildman–Crippen LogP) is 3.59. The number of nitrogens with zero attached hydrogens (tertiary/aromatic N) is 1. The van der Waals surface area contributed by atoms with Crippen LogP contribution >= 0.6 is 0 Å². The number of anilines is 1. The molecule has 0 unspecified atom stereocenters. The largest absolute Gasteiger partial charge is 0.455 e. The molecule has 126 valence electrons. The molecule has 0 aliphatic carbocycles. The molecule has 0 aliphatic rings. The lowest BCUT2D eigenvalue weighted by Gasteiger charge is -2.13. The van der Waals surface area contributed by atoms with Crippen LogP contribution in [0.3, 0.4) is 0 Å². The van der Waals surface area contributed by atoms with Gasteiger partial charge in [0.05, 0.1) is 5.69 Å². The number of carbonyl (C=O) groups is 1. The summed E-state index contributed by atoms with van der Waals surface area (Å²) < 4.78 is 7.20. The number of para-hydroxylation sites is 3. The summed E-state index contributed by atoms with van der Waals surface area (Å²) in [5.74, 6) is 0.926. The summed E-state index contributed by atoms with van der Waals surface area (Å²) in [5, 5.41) is 2.80. The van der Waals surface area contributed by atoms with Gasteiger partial charge in [0.15, 0.2) is 5.75 Å². The summed E-state index contributed by atoms with van der Waals surface area (Å²) in [5.41, 5.74) is 0.978. The van der Waals surface area contributed by atoms with E-state index in [2.05, 4.69) is 5.32 Å². The average molecular weight is 334 g/mol. The third kappa shape index (κ3) is 4.14. The zero-order valence-electron chi connectivity index (χ0n) is 13.8. The van der Waals surface area contributed by atoms with E-state index in [0.29, 0.717) is 22.7 Å². The van der Waals surface area contributed by atoms with E-state index in [1.807, 2.05) is 42.5 Å². The predicted molar refractivity (Wildman–Crippen MR) is 97.0 cm³/mol. The smallest absolute Gasteiger partial charge is 0.253 e. The number of hydrogen-bond acceptors (Lipinski definition) is 3. The second-order valence-electron chi connectivity index (χ2n) is 5.58. The van der Waals surface area contributed by atoms with E-state index in [1.165, 1.54) is 4.57 Å². The molecular weight excluding hydrogens is 316 g/mol. The molecule has 0 atom stereocenters. The molecule has 0 bridgehead atoms. The first-order chi connectivity index (χ1) is 12.1. The van der Waals surface area contributed by atoms with E-state index >= 15 is 0 Å². The van der Waals surface area contributed by atoms with Crippen molar-refractivity contribution in [1.82, 2.24) is 4.57 Å². The molecule has 1 aromatic heterocycles. The summed E-state index contributed by atoms with van der Waals surface area (Å²) in [4.78, 5) is 24.3. The van der Waals surface area contributed by atoms with Crippen molar-refractivity contribution in [3.05, 3.63) is 88.8 Å². The number of hydrogen-bond donors (Lipinski definition) is 1. The molecule has 1 N–H and O–H groups in total. The minimum absolute atomic E-state index is 0.0554. The van der Waals surface area contributed by atoms with Crippen molar-refractivity contribution in [3.8, 4) is 11.5 Å². The summed E-state index contributed by atoms with van der Waals surface area (Å²) in [6, 6.07) is 20.0. The molecule has 2 aromatic carbocycles. The number of pyridine rings is 1. The Hall–Kier alpha value is -3.34. The Bertz CT molecular complexity index is 933. The van der Waals surface area contributed by atoms with Gasteiger partial charge in [0.1, 0.15) is 12.3 Å². The Morgan fingerprint density at radius 3 is 2.52 bits per heavy atom. The molecule has 1 heterocycles. The number of aromatic nitrogens is 1. The lowest BCUT2D eigenvalue weighted by Crippen LogP contribution is -2.28. The molecule has 5 nitrogen and oxygen atoms in total. The number of rotatable bonds is 5. The van der Waals surface area contributed by atoms with Crippen molar-refractivity contribution >= 4 is 11.6 Å². The van der Waals surface area contributed by atoms with Crippen LogP contribution in [0.25, 0.3) is 0 Å². The van der Waals surface area contributed by atoms with E-state index in [0.717, 1.165) is 0 Å². The van der Waals surface area contributed by atoms with Gasteiger partial charge in [0, 0.05) is 11.8 Å². The normalized spacial score (nSPS) is 10.3. The Morgan fingerprint density at radius 2 is 1.72 bits per heavy atom. The minimum atomic E-state index is -0.295. The highest BCUT2D eigenvalue weighted by Crippen LogP contribution is 2.28. The van der Waals surface area contributed by atoms with Crippen LogP contribution in [0, 0.1) is 6.92 Å². The van der Waals surface area contributed by atoms with Gasteiger partial charge in [-0.05, 0) is 37.3 Å². The SMILES string of the molecule is Cc1cccn(CC(=O)Nc2ccccc2Oc2ccccc2)c1=O. The van der Waals surface area contributed by atoms with Crippen LogP contribution in [0.2, 0.25) is 0 Å². The van der Waals surface area contributed by atoms with Crippen molar-refractivity contribution in [2.45, 2.75) is 13.5 Å². The maximum atomic E-state index is 12.3. The Morgan fingerprint density at radius 1 is 1.00 bits per heavy atom. The van der Waals surface area contributed by atoms with Gasteiger partial charge in [-0.25, -0.2) is 0 Å². The second kappa shape index (κ2) is 7.49. The average Bonchev–Trinajstić information content (AvgIpc) is 2.62. The number of nitrogens with one attached hydrogen (secondary N) is 1. The van der Waals surface area contributed by atoms with Crippen LogP contribution < -0.4 is 15.6 Å². The van der Waals surface area contributed by atoms with Gasteiger partial charge in [-0.2, -0.15) is 0 Å². The fraction of sp³-hybridized carbons (Fsp3) is 0.100. The zero-order valence-corrected chi connectivity index (χ0v) is 13.8. The number of aryl methyl sites for hydroxylation is 1. The van der Waals surface area contributed by atoms with Crippen LogP contribution in [0.4, 0.5) is 5.69 Å². The maximum Gasteiger partial charge on any atom is 0.253 e. The minimum Gasteiger partial charge on any atom is -0.455 e. The fourth-order valence-corrected chi connectivity index (χ4v) is 2.40. The fourth-order valence-electron chi connectivity index (χ4n) is 2.40. The van der Waals surface area contributed by atoms with Crippen molar-refractivity contribution in [1.29, 1.82) is 0 Å². The Balaban J connectivity index is 1.75. The third-order valence-electron chi connectivity index (χ3n) is 3.66. The number of amides is 1. The molecule has 1 amide bonds. The zero-order chi connectivity index (χ0) is 17.6. The van der Waals surface area contributed by atoms with Crippen LogP contribution in [-0.4, -0.2) is 10.5 Å². The van der Waals surface area contributed by atoms with Crippen LogP contribution in [-0.2, 0) is 11.3 Å². The Kier molecular flexibility index (Phi) is 4.95. The second-order valence-corrected chi connectivity index (χ2v) is 5.58. The van der Waals surface area contributed by atoms with Gasteiger partial charge in [0.25, 0.3) is 5.56 Å². The molecule has 25 heavy (non-hydrogen) atoms. The van der Waals surface area contributed by atoms with Gasteiger partial charge in [-0.3, -0.25) is 9.59 Å². The third-order valence-corrected chi connectivity index (χ3v) is 3.66. The molecule has 3 aromatic rings. The van der Waals surface area contributed by atoms with Gasteiger partial charge in [-0.1, -0.05) is 36.4 Å². The van der Waals surface area contributed by atoms with Crippen molar-refractivity contribution in [3.63, 3.8) is 0 Å². The molecule has 5 heteroatoms. The molecule has 3 rings (SSSR count). The van der Waals surface area contributed by atoms with E-state index < -0.39 is 0 Å². The summed E-state index contributed by atoms with van der Waals surface area (Å²) in [7, 11) is 0. The van der Waals surface area contributed by atoms with Gasteiger partial charge < -0.3 is 14.6 Å². The Labute approximate surface area is 145 Å². The quantitative estimate of drug-likeness (QED) is 0.776. The van der Waals surface area contributed by atoms with Crippen LogP contribution in [0.15, 0.2) is 77.7 Å². The van der Waals surface area contributed by atoms with E-state index in [-0.39, 0.29) is 18.0 Å². The monoisotopic (exact) mass is 334 g/mol. The maximum absolute atomic E-state index is 12.3. The first-order valence-corrected chi connectivity index (χ1v) is 7.91. The molecule has 0 saturated carbocycles. The van der Waals surface area contributed by atoms with E-state index in [4.69, 9.17) is 4.74 Å². The molecule has 0 radical (unpaired) electrons. The summed E-state index contributed by atoms with van der Waals surface area (Å²) in [6.45, 7) is 1.67. The number of benzene rings is 2. The van der Waals surface area contributed by atoms with Gasteiger partial charge in [0.2, 0.25) is 5.91 Å². The van der Waals surface area contributed by atoms with Gasteiger partial charge >= 0.3 is 0 Å².